The van der Waals surface area contributed by atoms with E-state index in [9.17, 15) is 13.2 Å². The highest BCUT2D eigenvalue weighted by Crippen LogP contribution is 2.22. The standard InChI is InChI=1S/C17H17N3O4S/c1-3-20-10-12-5-6-13(8-16(12)18-20)19-25(23,24)14-7-4-11(2)15(9-14)17(21)22/h4-10,19H,3H2,1-2H3,(H,21,22). The summed E-state index contributed by atoms with van der Waals surface area (Å²) in [6.07, 6.45) is 1.88. The van der Waals surface area contributed by atoms with E-state index in [0.717, 1.165) is 18.0 Å². The second kappa shape index (κ2) is 6.21. The van der Waals surface area contributed by atoms with Crippen LogP contribution < -0.4 is 4.72 Å². The van der Waals surface area contributed by atoms with Crippen molar-refractivity contribution >= 4 is 32.6 Å². The second-order valence-corrected chi connectivity index (χ2v) is 7.33. The Kier molecular flexibility index (Phi) is 4.22. The first kappa shape index (κ1) is 17.0. The van der Waals surface area contributed by atoms with Gasteiger partial charge < -0.3 is 5.11 Å². The smallest absolute Gasteiger partial charge is 0.335 e. The number of nitrogens with one attached hydrogen (secondary N) is 1. The predicted octanol–water partition coefficient (Wildman–Crippen LogP) is 2.86. The van der Waals surface area contributed by atoms with E-state index in [-0.39, 0.29) is 10.5 Å². The van der Waals surface area contributed by atoms with Crippen molar-refractivity contribution in [3.8, 4) is 0 Å². The molecule has 0 aliphatic carbocycles. The van der Waals surface area contributed by atoms with E-state index >= 15 is 0 Å². The van der Waals surface area contributed by atoms with Crippen molar-refractivity contribution in [2.24, 2.45) is 0 Å². The predicted molar refractivity (Wildman–Crippen MR) is 94.4 cm³/mol. The van der Waals surface area contributed by atoms with Gasteiger partial charge in [0.1, 0.15) is 0 Å². The highest BCUT2D eigenvalue weighted by atomic mass is 32.2. The molecule has 3 aromatic rings. The molecule has 2 aromatic carbocycles. The number of benzene rings is 2. The fraction of sp³-hybridized carbons (Fsp3) is 0.176. The first-order chi connectivity index (χ1) is 11.8. The van der Waals surface area contributed by atoms with Crippen LogP contribution in [0.15, 0.2) is 47.5 Å². The molecule has 0 saturated heterocycles. The Balaban J connectivity index is 1.96. The lowest BCUT2D eigenvalue weighted by atomic mass is 10.1. The van der Waals surface area contributed by atoms with E-state index < -0.39 is 16.0 Å². The second-order valence-electron chi connectivity index (χ2n) is 5.65. The van der Waals surface area contributed by atoms with Crippen LogP contribution in [0.1, 0.15) is 22.8 Å². The van der Waals surface area contributed by atoms with Crippen LogP contribution in [0.4, 0.5) is 5.69 Å². The van der Waals surface area contributed by atoms with Gasteiger partial charge in [-0.2, -0.15) is 5.10 Å². The summed E-state index contributed by atoms with van der Waals surface area (Å²) in [4.78, 5) is 11.1. The zero-order valence-corrected chi connectivity index (χ0v) is 14.5. The highest BCUT2D eigenvalue weighted by Gasteiger charge is 2.18. The van der Waals surface area contributed by atoms with E-state index in [1.54, 1.807) is 29.8 Å². The maximum atomic E-state index is 12.6. The number of fused-ring (bicyclic) bond motifs is 1. The lowest BCUT2D eigenvalue weighted by molar-refractivity contribution is 0.0696. The van der Waals surface area contributed by atoms with Crippen LogP contribution in [0.25, 0.3) is 10.9 Å². The Morgan fingerprint density at radius 3 is 2.68 bits per heavy atom. The molecule has 0 aliphatic heterocycles. The summed E-state index contributed by atoms with van der Waals surface area (Å²) in [7, 11) is -3.90. The van der Waals surface area contributed by atoms with Crippen molar-refractivity contribution in [1.29, 1.82) is 0 Å². The van der Waals surface area contributed by atoms with E-state index in [4.69, 9.17) is 5.11 Å². The van der Waals surface area contributed by atoms with Crippen molar-refractivity contribution in [2.45, 2.75) is 25.3 Å². The third-order valence-electron chi connectivity index (χ3n) is 3.88. The lowest BCUT2D eigenvalue weighted by Crippen LogP contribution is -2.14. The number of rotatable bonds is 5. The number of carbonyl (C=O) groups is 1. The van der Waals surface area contributed by atoms with Crippen LogP contribution in [-0.4, -0.2) is 29.3 Å². The Morgan fingerprint density at radius 1 is 1.24 bits per heavy atom. The first-order valence-corrected chi connectivity index (χ1v) is 9.12. The summed E-state index contributed by atoms with van der Waals surface area (Å²) in [5.41, 5.74) is 1.50. The van der Waals surface area contributed by atoms with Gasteiger partial charge in [0.2, 0.25) is 0 Å². The normalized spacial score (nSPS) is 11.6. The van der Waals surface area contributed by atoms with Gasteiger partial charge >= 0.3 is 5.97 Å². The summed E-state index contributed by atoms with van der Waals surface area (Å²) < 4.78 is 29.3. The van der Waals surface area contributed by atoms with Crippen LogP contribution >= 0.6 is 0 Å². The molecule has 0 unspecified atom stereocenters. The Bertz CT molecular complexity index is 1070. The van der Waals surface area contributed by atoms with Gasteiger partial charge in [0.05, 0.1) is 21.7 Å². The van der Waals surface area contributed by atoms with E-state index in [1.165, 1.54) is 12.1 Å². The number of aromatic nitrogens is 2. The number of hydrogen-bond acceptors (Lipinski definition) is 4. The molecule has 2 N–H and O–H groups in total. The van der Waals surface area contributed by atoms with Crippen molar-refractivity contribution in [2.75, 3.05) is 4.72 Å². The fourth-order valence-electron chi connectivity index (χ4n) is 2.51. The summed E-state index contributed by atoms with van der Waals surface area (Å²) in [5, 5.41) is 14.4. The topological polar surface area (TPSA) is 101 Å². The summed E-state index contributed by atoms with van der Waals surface area (Å²) >= 11 is 0. The van der Waals surface area contributed by atoms with Crippen LogP contribution in [0.2, 0.25) is 0 Å². The summed E-state index contributed by atoms with van der Waals surface area (Å²) in [5.74, 6) is -1.17. The number of aryl methyl sites for hydroxylation is 2. The van der Waals surface area contributed by atoms with E-state index in [0.29, 0.717) is 16.8 Å². The highest BCUT2D eigenvalue weighted by molar-refractivity contribution is 7.92. The number of aromatic carboxylic acids is 1. The van der Waals surface area contributed by atoms with Gasteiger partial charge in [-0.05, 0) is 49.7 Å². The van der Waals surface area contributed by atoms with Gasteiger partial charge in [-0.15, -0.1) is 0 Å². The minimum Gasteiger partial charge on any atom is -0.478 e. The van der Waals surface area contributed by atoms with Gasteiger partial charge in [-0.3, -0.25) is 9.40 Å². The van der Waals surface area contributed by atoms with Gasteiger partial charge in [0, 0.05) is 18.1 Å². The molecule has 3 rings (SSSR count). The summed E-state index contributed by atoms with van der Waals surface area (Å²) in [6, 6.07) is 9.09. The molecule has 0 saturated carbocycles. The number of hydrogen-bond donors (Lipinski definition) is 2. The quantitative estimate of drug-likeness (QED) is 0.729. The zero-order chi connectivity index (χ0) is 18.2. The molecule has 0 radical (unpaired) electrons. The third kappa shape index (κ3) is 3.34. The van der Waals surface area contributed by atoms with Gasteiger partial charge in [0.15, 0.2) is 0 Å². The van der Waals surface area contributed by atoms with E-state index in [1.807, 2.05) is 13.1 Å². The maximum Gasteiger partial charge on any atom is 0.335 e. The average molecular weight is 359 g/mol. The van der Waals surface area contributed by atoms with E-state index in [2.05, 4.69) is 9.82 Å². The summed E-state index contributed by atoms with van der Waals surface area (Å²) in [6.45, 7) is 4.30. The van der Waals surface area contributed by atoms with Crippen LogP contribution in [0.3, 0.4) is 0 Å². The van der Waals surface area contributed by atoms with Crippen LogP contribution in [-0.2, 0) is 16.6 Å². The molecule has 1 aromatic heterocycles. The Hall–Kier alpha value is -2.87. The molecule has 0 atom stereocenters. The molecule has 8 heteroatoms. The Morgan fingerprint density at radius 2 is 2.00 bits per heavy atom. The van der Waals surface area contributed by atoms with Crippen molar-refractivity contribution in [1.82, 2.24) is 9.78 Å². The van der Waals surface area contributed by atoms with Gasteiger partial charge in [-0.25, -0.2) is 13.2 Å². The molecule has 0 fully saturated rings. The minimum atomic E-state index is -3.90. The van der Waals surface area contributed by atoms with Crippen LogP contribution in [0.5, 0.6) is 0 Å². The SMILES string of the molecule is CCn1cc2ccc(NS(=O)(=O)c3ccc(C)c(C(=O)O)c3)cc2n1. The molecule has 0 spiro atoms. The molecule has 1 heterocycles. The average Bonchev–Trinajstić information content (AvgIpc) is 2.96. The molecule has 25 heavy (non-hydrogen) atoms. The molecular weight excluding hydrogens is 342 g/mol. The zero-order valence-electron chi connectivity index (χ0n) is 13.7. The molecule has 7 nitrogen and oxygen atoms in total. The third-order valence-corrected chi connectivity index (χ3v) is 5.26. The molecule has 0 bridgehead atoms. The van der Waals surface area contributed by atoms with Gasteiger partial charge in [-0.1, -0.05) is 6.07 Å². The van der Waals surface area contributed by atoms with Gasteiger partial charge in [0.25, 0.3) is 10.0 Å². The lowest BCUT2D eigenvalue weighted by Gasteiger charge is -2.10. The molecule has 0 aliphatic rings. The van der Waals surface area contributed by atoms with Crippen molar-refractivity contribution < 1.29 is 18.3 Å². The fourth-order valence-corrected chi connectivity index (χ4v) is 3.58. The van der Waals surface area contributed by atoms with Crippen LogP contribution in [0, 0.1) is 6.92 Å². The molecule has 130 valence electrons. The number of carboxylic acid groups (broad SMARTS) is 1. The maximum absolute atomic E-state index is 12.6. The minimum absolute atomic E-state index is 0.0417. The molecular formula is C17H17N3O4S. The molecule has 0 amide bonds. The number of anilines is 1. The first-order valence-electron chi connectivity index (χ1n) is 7.64. The van der Waals surface area contributed by atoms with Crippen molar-refractivity contribution in [3.63, 3.8) is 0 Å². The number of nitrogens with zero attached hydrogens (tertiary/aromatic N) is 2. The Labute approximate surface area is 145 Å². The number of sulfonamides is 1. The number of carboxylic acids is 1. The largest absolute Gasteiger partial charge is 0.478 e. The van der Waals surface area contributed by atoms with Crippen molar-refractivity contribution in [3.05, 3.63) is 53.7 Å². The monoisotopic (exact) mass is 359 g/mol.